The quantitative estimate of drug-likeness (QED) is 0.847. The third-order valence-electron chi connectivity index (χ3n) is 3.90. The lowest BCUT2D eigenvalue weighted by atomic mass is 9.83. The Morgan fingerprint density at radius 3 is 2.65 bits per heavy atom. The van der Waals surface area contributed by atoms with Crippen molar-refractivity contribution in [2.45, 2.75) is 57.7 Å². The first-order valence-electron chi connectivity index (χ1n) is 6.97. The first kappa shape index (κ1) is 15.5. The Bertz CT molecular complexity index is 447. The van der Waals surface area contributed by atoms with E-state index in [-0.39, 0.29) is 11.3 Å². The molecule has 0 heterocycles. The monoisotopic (exact) mass is 303 g/mol. The Morgan fingerprint density at radius 1 is 1.30 bits per heavy atom. The Kier molecular flexibility index (Phi) is 5.22. The standard InChI is InChI=1S/C15H20ClF2NO/c1-15(7-3-2-4-8-15)19-10-11-9-12(16)5-6-13(11)20-14(17)18/h5-6,9,14,19H,2-4,7-8,10H2,1H3. The summed E-state index contributed by atoms with van der Waals surface area (Å²) in [6, 6.07) is 4.73. The van der Waals surface area contributed by atoms with Crippen molar-refractivity contribution in [3.8, 4) is 5.75 Å². The Hall–Kier alpha value is -0.870. The number of hydrogen-bond donors (Lipinski definition) is 1. The number of nitrogens with one attached hydrogen (secondary N) is 1. The van der Waals surface area contributed by atoms with E-state index in [1.54, 1.807) is 12.1 Å². The highest BCUT2D eigenvalue weighted by molar-refractivity contribution is 6.30. The van der Waals surface area contributed by atoms with Crippen LogP contribution in [-0.2, 0) is 6.54 Å². The lowest BCUT2D eigenvalue weighted by molar-refractivity contribution is -0.0505. The molecule has 0 amide bonds. The van der Waals surface area contributed by atoms with Crippen LogP contribution in [0, 0.1) is 0 Å². The van der Waals surface area contributed by atoms with Crippen LogP contribution in [0.2, 0.25) is 5.02 Å². The van der Waals surface area contributed by atoms with Crippen LogP contribution >= 0.6 is 11.6 Å². The lowest BCUT2D eigenvalue weighted by Gasteiger charge is -2.35. The van der Waals surface area contributed by atoms with Gasteiger partial charge < -0.3 is 10.1 Å². The molecule has 2 rings (SSSR count). The van der Waals surface area contributed by atoms with Gasteiger partial charge in [0.15, 0.2) is 0 Å². The van der Waals surface area contributed by atoms with Crippen molar-refractivity contribution in [3.05, 3.63) is 28.8 Å². The van der Waals surface area contributed by atoms with Crippen LogP contribution < -0.4 is 10.1 Å². The summed E-state index contributed by atoms with van der Waals surface area (Å²) in [5, 5.41) is 4.00. The zero-order chi connectivity index (χ0) is 14.6. The molecule has 2 nitrogen and oxygen atoms in total. The summed E-state index contributed by atoms with van der Waals surface area (Å²) in [6.45, 7) is -0.149. The highest BCUT2D eigenvalue weighted by atomic mass is 35.5. The topological polar surface area (TPSA) is 21.3 Å². The van der Waals surface area contributed by atoms with Gasteiger partial charge in [-0.2, -0.15) is 8.78 Å². The zero-order valence-corrected chi connectivity index (χ0v) is 12.4. The van der Waals surface area contributed by atoms with Gasteiger partial charge in [0.05, 0.1) is 0 Å². The van der Waals surface area contributed by atoms with Gasteiger partial charge in [0.25, 0.3) is 0 Å². The molecule has 0 spiro atoms. The van der Waals surface area contributed by atoms with E-state index in [9.17, 15) is 8.78 Å². The molecule has 1 aromatic carbocycles. The maximum Gasteiger partial charge on any atom is 0.387 e. The summed E-state index contributed by atoms with van der Waals surface area (Å²) in [5.74, 6) is 0.191. The molecule has 1 N–H and O–H groups in total. The molecule has 112 valence electrons. The largest absolute Gasteiger partial charge is 0.434 e. The average Bonchev–Trinajstić information content (AvgIpc) is 2.39. The molecular weight excluding hydrogens is 284 g/mol. The second kappa shape index (κ2) is 6.72. The fourth-order valence-corrected chi connectivity index (χ4v) is 2.91. The second-order valence-corrected chi connectivity index (χ2v) is 6.04. The first-order valence-corrected chi connectivity index (χ1v) is 7.35. The maximum absolute atomic E-state index is 12.4. The van der Waals surface area contributed by atoms with E-state index < -0.39 is 6.61 Å². The molecule has 0 bridgehead atoms. The van der Waals surface area contributed by atoms with Crippen LogP contribution in [0.4, 0.5) is 8.78 Å². The second-order valence-electron chi connectivity index (χ2n) is 5.61. The van der Waals surface area contributed by atoms with Crippen molar-refractivity contribution < 1.29 is 13.5 Å². The number of hydrogen-bond acceptors (Lipinski definition) is 2. The molecule has 0 radical (unpaired) electrons. The highest BCUT2D eigenvalue weighted by Crippen LogP contribution is 2.30. The molecule has 5 heteroatoms. The minimum atomic E-state index is -2.82. The number of ether oxygens (including phenoxy) is 1. The average molecular weight is 304 g/mol. The first-order chi connectivity index (χ1) is 9.48. The Labute approximate surface area is 123 Å². The fraction of sp³-hybridized carbons (Fsp3) is 0.600. The molecular formula is C15H20ClF2NO. The maximum atomic E-state index is 12.4. The van der Waals surface area contributed by atoms with E-state index in [4.69, 9.17) is 11.6 Å². The van der Waals surface area contributed by atoms with Gasteiger partial charge in [0.1, 0.15) is 5.75 Å². The predicted octanol–water partition coefficient (Wildman–Crippen LogP) is 4.75. The summed E-state index contributed by atoms with van der Waals surface area (Å²) >= 11 is 5.94. The van der Waals surface area contributed by atoms with Crippen molar-refractivity contribution in [1.82, 2.24) is 5.32 Å². The minimum Gasteiger partial charge on any atom is -0.434 e. The van der Waals surface area contributed by atoms with Gasteiger partial charge >= 0.3 is 6.61 Å². The van der Waals surface area contributed by atoms with E-state index in [1.165, 1.54) is 25.3 Å². The van der Waals surface area contributed by atoms with E-state index in [2.05, 4.69) is 17.0 Å². The van der Waals surface area contributed by atoms with E-state index >= 15 is 0 Å². The van der Waals surface area contributed by atoms with Gasteiger partial charge in [-0.3, -0.25) is 0 Å². The van der Waals surface area contributed by atoms with Crippen molar-refractivity contribution in [3.63, 3.8) is 0 Å². The highest BCUT2D eigenvalue weighted by Gasteiger charge is 2.26. The molecule has 0 atom stereocenters. The van der Waals surface area contributed by atoms with Crippen LogP contribution in [0.5, 0.6) is 5.75 Å². The molecule has 1 aromatic rings. The van der Waals surface area contributed by atoms with Crippen molar-refractivity contribution in [2.24, 2.45) is 0 Å². The molecule has 0 saturated heterocycles. The van der Waals surface area contributed by atoms with Gasteiger partial charge in [-0.05, 0) is 38.0 Å². The number of alkyl halides is 2. The van der Waals surface area contributed by atoms with Crippen molar-refractivity contribution >= 4 is 11.6 Å². The summed E-state index contributed by atoms with van der Waals surface area (Å²) in [5.41, 5.74) is 0.743. The van der Waals surface area contributed by atoms with E-state index in [1.807, 2.05) is 0 Å². The summed E-state index contributed by atoms with van der Waals surface area (Å²) in [7, 11) is 0. The fourth-order valence-electron chi connectivity index (χ4n) is 2.71. The lowest BCUT2D eigenvalue weighted by Crippen LogP contribution is -2.43. The molecule has 0 unspecified atom stereocenters. The summed E-state index contributed by atoms with van der Waals surface area (Å²) in [6.07, 6.45) is 5.91. The van der Waals surface area contributed by atoms with E-state index in [0.29, 0.717) is 17.1 Å². The third kappa shape index (κ3) is 4.32. The molecule has 0 aromatic heterocycles. The molecule has 0 aliphatic heterocycles. The van der Waals surface area contributed by atoms with Gasteiger partial charge in [-0.1, -0.05) is 30.9 Å². The number of rotatable bonds is 5. The van der Waals surface area contributed by atoms with Crippen LogP contribution in [0.3, 0.4) is 0 Å². The molecule has 1 fully saturated rings. The van der Waals surface area contributed by atoms with Gasteiger partial charge in [0, 0.05) is 22.7 Å². The Balaban J connectivity index is 2.05. The third-order valence-corrected chi connectivity index (χ3v) is 4.14. The Morgan fingerprint density at radius 2 is 2.00 bits per heavy atom. The van der Waals surface area contributed by atoms with E-state index in [0.717, 1.165) is 12.8 Å². The van der Waals surface area contributed by atoms with Crippen LogP contribution in [0.1, 0.15) is 44.6 Å². The SMILES string of the molecule is CC1(NCc2cc(Cl)ccc2OC(F)F)CCCCC1. The molecule has 20 heavy (non-hydrogen) atoms. The predicted molar refractivity (Wildman–Crippen MR) is 76.4 cm³/mol. The molecule has 1 aliphatic carbocycles. The number of halogens is 3. The van der Waals surface area contributed by atoms with Gasteiger partial charge in [-0.25, -0.2) is 0 Å². The smallest absolute Gasteiger partial charge is 0.387 e. The molecule has 1 saturated carbocycles. The number of benzene rings is 1. The van der Waals surface area contributed by atoms with Crippen molar-refractivity contribution in [1.29, 1.82) is 0 Å². The van der Waals surface area contributed by atoms with Crippen molar-refractivity contribution in [2.75, 3.05) is 0 Å². The molecule has 1 aliphatic rings. The van der Waals surface area contributed by atoms with Crippen LogP contribution in [-0.4, -0.2) is 12.2 Å². The normalized spacial score (nSPS) is 18.2. The summed E-state index contributed by atoms with van der Waals surface area (Å²) in [4.78, 5) is 0. The minimum absolute atomic E-state index is 0.0721. The van der Waals surface area contributed by atoms with Crippen LogP contribution in [0.15, 0.2) is 18.2 Å². The van der Waals surface area contributed by atoms with Gasteiger partial charge in [-0.15, -0.1) is 0 Å². The zero-order valence-electron chi connectivity index (χ0n) is 11.6. The van der Waals surface area contributed by atoms with Gasteiger partial charge in [0.2, 0.25) is 0 Å². The summed E-state index contributed by atoms with van der Waals surface area (Å²) < 4.78 is 29.3. The van der Waals surface area contributed by atoms with Crippen LogP contribution in [0.25, 0.3) is 0 Å².